The van der Waals surface area contributed by atoms with Gasteiger partial charge in [-0.25, -0.2) is 9.78 Å². The second-order valence-electron chi connectivity index (χ2n) is 5.20. The molecule has 7 heteroatoms. The zero-order chi connectivity index (χ0) is 17.5. The highest BCUT2D eigenvalue weighted by Gasteiger charge is 2.33. The van der Waals surface area contributed by atoms with Crippen LogP contribution in [0.2, 0.25) is 0 Å². The molecule has 0 fully saturated rings. The molecule has 3 rings (SSSR count). The molecule has 0 amide bonds. The van der Waals surface area contributed by atoms with E-state index < -0.39 is 17.7 Å². The number of para-hydroxylation sites is 1. The molecule has 0 saturated heterocycles. The van der Waals surface area contributed by atoms with Crippen LogP contribution in [0.3, 0.4) is 0 Å². The Morgan fingerprint density at radius 2 is 1.92 bits per heavy atom. The van der Waals surface area contributed by atoms with E-state index in [1.165, 1.54) is 24.4 Å². The van der Waals surface area contributed by atoms with Crippen LogP contribution in [-0.4, -0.2) is 21.0 Å². The van der Waals surface area contributed by atoms with Crippen molar-refractivity contribution in [2.24, 2.45) is 0 Å². The molecule has 0 aliphatic heterocycles. The van der Waals surface area contributed by atoms with E-state index in [1.807, 2.05) is 0 Å². The maximum absolute atomic E-state index is 13.2. The first-order valence-electron chi connectivity index (χ1n) is 6.95. The minimum Gasteiger partial charge on any atom is -0.478 e. The molecule has 0 aliphatic carbocycles. The molecule has 0 unspecified atom stereocenters. The molecular weight excluding hydrogens is 321 g/mol. The number of benzene rings is 1. The number of hydrogen-bond acceptors (Lipinski definition) is 3. The number of halogens is 3. The van der Waals surface area contributed by atoms with Crippen LogP contribution in [0.4, 0.5) is 13.2 Å². The van der Waals surface area contributed by atoms with Crippen molar-refractivity contribution in [3.8, 4) is 11.3 Å². The van der Waals surface area contributed by atoms with Crippen LogP contribution < -0.4 is 0 Å². The first kappa shape index (κ1) is 15.9. The van der Waals surface area contributed by atoms with Gasteiger partial charge < -0.3 is 5.11 Å². The van der Waals surface area contributed by atoms with Gasteiger partial charge in [0.15, 0.2) is 0 Å². The lowest BCUT2D eigenvalue weighted by atomic mass is 10.0. The molecule has 122 valence electrons. The van der Waals surface area contributed by atoms with Gasteiger partial charge in [-0.2, -0.15) is 13.2 Å². The molecule has 0 saturated carbocycles. The number of carboxylic acid groups (broad SMARTS) is 1. The van der Waals surface area contributed by atoms with Gasteiger partial charge in [-0.3, -0.25) is 4.98 Å². The monoisotopic (exact) mass is 332 g/mol. The maximum Gasteiger partial charge on any atom is 0.418 e. The molecule has 1 N–H and O–H groups in total. The highest BCUT2D eigenvalue weighted by atomic mass is 19.4. The van der Waals surface area contributed by atoms with Gasteiger partial charge in [-0.05, 0) is 31.2 Å². The van der Waals surface area contributed by atoms with Crippen LogP contribution in [0.1, 0.15) is 21.6 Å². The molecule has 0 bridgehead atoms. The van der Waals surface area contributed by atoms with Crippen LogP contribution in [0.5, 0.6) is 0 Å². The third-order valence-electron chi connectivity index (χ3n) is 3.64. The number of fused-ring (bicyclic) bond motifs is 1. The Hall–Kier alpha value is -2.96. The fraction of sp³-hybridized carbons (Fsp3) is 0.118. The molecule has 1 aromatic carbocycles. The van der Waals surface area contributed by atoms with Crippen molar-refractivity contribution >= 4 is 16.9 Å². The van der Waals surface area contributed by atoms with E-state index >= 15 is 0 Å². The van der Waals surface area contributed by atoms with Crippen molar-refractivity contribution in [2.75, 3.05) is 0 Å². The summed E-state index contributed by atoms with van der Waals surface area (Å²) >= 11 is 0. The minimum absolute atomic E-state index is 0.0303. The Balaban J connectivity index is 2.41. The first-order chi connectivity index (χ1) is 11.3. The van der Waals surface area contributed by atoms with E-state index in [9.17, 15) is 23.1 Å². The average molecular weight is 332 g/mol. The van der Waals surface area contributed by atoms with Crippen molar-refractivity contribution in [3.05, 3.63) is 59.4 Å². The van der Waals surface area contributed by atoms with Gasteiger partial charge in [0.1, 0.15) is 0 Å². The molecule has 0 atom stereocenters. The lowest BCUT2D eigenvalue weighted by Crippen LogP contribution is -2.09. The lowest BCUT2D eigenvalue weighted by Gasteiger charge is -2.13. The van der Waals surface area contributed by atoms with E-state index in [0.29, 0.717) is 11.3 Å². The smallest absolute Gasteiger partial charge is 0.418 e. The number of pyridine rings is 2. The summed E-state index contributed by atoms with van der Waals surface area (Å²) in [6.45, 7) is 1.64. The molecule has 0 radical (unpaired) electrons. The third kappa shape index (κ3) is 2.68. The molecule has 24 heavy (non-hydrogen) atoms. The number of aryl methyl sites for hydroxylation is 1. The molecule has 0 spiro atoms. The van der Waals surface area contributed by atoms with E-state index in [2.05, 4.69) is 9.97 Å². The molecule has 2 aromatic heterocycles. The van der Waals surface area contributed by atoms with E-state index in [4.69, 9.17) is 0 Å². The Bertz CT molecular complexity index is 952. The summed E-state index contributed by atoms with van der Waals surface area (Å²) in [6, 6.07) is 7.93. The second-order valence-corrected chi connectivity index (χ2v) is 5.20. The van der Waals surface area contributed by atoms with Crippen LogP contribution >= 0.6 is 0 Å². The van der Waals surface area contributed by atoms with E-state index in [-0.39, 0.29) is 22.2 Å². The summed E-state index contributed by atoms with van der Waals surface area (Å²) in [5.74, 6) is -1.26. The highest BCUT2D eigenvalue weighted by Crippen LogP contribution is 2.36. The number of alkyl halides is 3. The Morgan fingerprint density at radius 3 is 2.54 bits per heavy atom. The predicted octanol–water partition coefficient (Wildman–Crippen LogP) is 4.32. The zero-order valence-electron chi connectivity index (χ0n) is 12.4. The standard InChI is InChI=1S/C17H11F3N2O2/c1-9-11(5-3-7-21-9)15-12(16(23)24)8-10-4-2-6-13(14(10)22-15)17(18,19)20/h2-8H,1H3,(H,23,24). The number of aromatic carboxylic acids is 1. The predicted molar refractivity (Wildman–Crippen MR) is 81.7 cm³/mol. The summed E-state index contributed by atoms with van der Waals surface area (Å²) in [6.07, 6.45) is -3.07. The summed E-state index contributed by atoms with van der Waals surface area (Å²) in [5.41, 5.74) is -0.520. The quantitative estimate of drug-likeness (QED) is 0.759. The van der Waals surface area contributed by atoms with E-state index in [0.717, 1.165) is 6.07 Å². The number of rotatable bonds is 2. The molecule has 0 aliphatic rings. The van der Waals surface area contributed by atoms with Crippen LogP contribution in [0, 0.1) is 6.92 Å². The topological polar surface area (TPSA) is 63.1 Å². The number of carboxylic acids is 1. The van der Waals surface area contributed by atoms with Crippen molar-refractivity contribution < 1.29 is 23.1 Å². The van der Waals surface area contributed by atoms with Crippen LogP contribution in [0.15, 0.2) is 42.6 Å². The Labute approximate surface area is 134 Å². The number of nitrogens with zero attached hydrogens (tertiary/aromatic N) is 2. The van der Waals surface area contributed by atoms with Crippen LogP contribution in [0.25, 0.3) is 22.2 Å². The Morgan fingerprint density at radius 1 is 1.17 bits per heavy atom. The van der Waals surface area contributed by atoms with E-state index in [1.54, 1.807) is 19.1 Å². The van der Waals surface area contributed by atoms with Gasteiger partial charge in [0.25, 0.3) is 0 Å². The maximum atomic E-state index is 13.2. The van der Waals surface area contributed by atoms with Gasteiger partial charge in [0.2, 0.25) is 0 Å². The Kier molecular flexibility index (Phi) is 3.71. The second kappa shape index (κ2) is 5.59. The van der Waals surface area contributed by atoms with Crippen molar-refractivity contribution in [3.63, 3.8) is 0 Å². The SMILES string of the molecule is Cc1ncccc1-c1nc2c(C(F)(F)F)cccc2cc1C(=O)O. The molecular formula is C17H11F3N2O2. The van der Waals surface area contributed by atoms with Gasteiger partial charge in [0, 0.05) is 22.8 Å². The number of carbonyl (C=O) groups is 1. The summed E-state index contributed by atoms with van der Waals surface area (Å²) in [7, 11) is 0. The minimum atomic E-state index is -4.58. The van der Waals surface area contributed by atoms with Crippen molar-refractivity contribution in [1.29, 1.82) is 0 Å². The van der Waals surface area contributed by atoms with Gasteiger partial charge in [-0.1, -0.05) is 12.1 Å². The average Bonchev–Trinajstić information content (AvgIpc) is 2.52. The highest BCUT2D eigenvalue weighted by molar-refractivity contribution is 6.00. The fourth-order valence-corrected chi connectivity index (χ4v) is 2.53. The normalized spacial score (nSPS) is 11.7. The van der Waals surface area contributed by atoms with Crippen LogP contribution in [-0.2, 0) is 6.18 Å². The summed E-state index contributed by atoms with van der Waals surface area (Å²) in [5, 5.41) is 9.54. The largest absolute Gasteiger partial charge is 0.478 e. The molecule has 2 heterocycles. The fourth-order valence-electron chi connectivity index (χ4n) is 2.53. The molecule has 4 nitrogen and oxygen atoms in total. The zero-order valence-corrected chi connectivity index (χ0v) is 12.4. The van der Waals surface area contributed by atoms with Crippen molar-refractivity contribution in [2.45, 2.75) is 13.1 Å². The lowest BCUT2D eigenvalue weighted by molar-refractivity contribution is -0.136. The van der Waals surface area contributed by atoms with Gasteiger partial charge in [0.05, 0.1) is 22.3 Å². The first-order valence-corrected chi connectivity index (χ1v) is 6.95. The summed E-state index contributed by atoms with van der Waals surface area (Å²) < 4.78 is 39.7. The van der Waals surface area contributed by atoms with Crippen molar-refractivity contribution in [1.82, 2.24) is 9.97 Å². The number of aromatic nitrogens is 2. The summed E-state index contributed by atoms with van der Waals surface area (Å²) in [4.78, 5) is 19.7. The number of hydrogen-bond donors (Lipinski definition) is 1. The third-order valence-corrected chi connectivity index (χ3v) is 3.64. The molecule has 3 aromatic rings. The van der Waals surface area contributed by atoms with Gasteiger partial charge in [-0.15, -0.1) is 0 Å². The van der Waals surface area contributed by atoms with Gasteiger partial charge >= 0.3 is 12.1 Å².